The first-order valence-electron chi connectivity index (χ1n) is 8.52. The van der Waals surface area contributed by atoms with Crippen LogP contribution >= 0.6 is 0 Å². The fourth-order valence-electron chi connectivity index (χ4n) is 1.82. The molecule has 0 spiro atoms. The molecule has 0 saturated carbocycles. The number of rotatable bonds is 11. The Hall–Kier alpha value is -0.120. The molecule has 0 radical (unpaired) electrons. The molecule has 0 N–H and O–H groups in total. The van der Waals surface area contributed by atoms with Crippen LogP contribution < -0.4 is 0 Å². The summed E-state index contributed by atoms with van der Waals surface area (Å²) in [5, 5.41) is 0. The van der Waals surface area contributed by atoms with Crippen molar-refractivity contribution in [3.05, 3.63) is 0 Å². The maximum atomic E-state index is 5.66. The summed E-state index contributed by atoms with van der Waals surface area (Å²) in [4.78, 5) is 2.46. The average molecular weight is 302 g/mol. The molecule has 0 rings (SSSR count). The van der Waals surface area contributed by atoms with Crippen LogP contribution in [0.4, 0.5) is 0 Å². The van der Waals surface area contributed by atoms with Gasteiger partial charge in [-0.2, -0.15) is 0 Å². The Morgan fingerprint density at radius 3 is 1.67 bits per heavy atom. The van der Waals surface area contributed by atoms with Crippen molar-refractivity contribution in [3.8, 4) is 0 Å². The van der Waals surface area contributed by atoms with E-state index in [2.05, 4.69) is 53.4 Å². The lowest BCUT2D eigenvalue weighted by Crippen LogP contribution is -2.31. The number of nitrogens with zero attached hydrogens (tertiary/aromatic N) is 1. The summed E-state index contributed by atoms with van der Waals surface area (Å²) >= 11 is 0. The Bertz CT molecular complexity index is 241. The highest BCUT2D eigenvalue weighted by atomic mass is 16.5. The standard InChI is InChI=1S/C18H39NO2/c1-8-19(11-9-17(2,3)4)12-14-21-16-15-20-13-10-18(5,6)7/h8-16H2,1-7H3. The van der Waals surface area contributed by atoms with E-state index in [0.717, 1.165) is 39.3 Å². The largest absolute Gasteiger partial charge is 0.379 e. The van der Waals surface area contributed by atoms with E-state index in [1.165, 1.54) is 6.42 Å². The topological polar surface area (TPSA) is 21.7 Å². The molecule has 0 aromatic rings. The zero-order chi connectivity index (χ0) is 16.4. The van der Waals surface area contributed by atoms with Crippen LogP contribution in [0.15, 0.2) is 0 Å². The summed E-state index contributed by atoms with van der Waals surface area (Å²) in [6.45, 7) is 22.2. The van der Waals surface area contributed by atoms with Crippen molar-refractivity contribution in [2.24, 2.45) is 10.8 Å². The van der Waals surface area contributed by atoms with Crippen LogP contribution in [0, 0.1) is 10.8 Å². The van der Waals surface area contributed by atoms with E-state index in [1.54, 1.807) is 0 Å². The quantitative estimate of drug-likeness (QED) is 0.533. The fourth-order valence-corrected chi connectivity index (χ4v) is 1.82. The molecule has 0 saturated heterocycles. The summed E-state index contributed by atoms with van der Waals surface area (Å²) < 4.78 is 11.3. The maximum absolute atomic E-state index is 5.66. The molecule has 0 atom stereocenters. The van der Waals surface area contributed by atoms with Gasteiger partial charge in [-0.1, -0.05) is 48.5 Å². The molecular formula is C18H39NO2. The van der Waals surface area contributed by atoms with E-state index in [1.807, 2.05) is 0 Å². The minimum absolute atomic E-state index is 0.357. The van der Waals surface area contributed by atoms with Gasteiger partial charge in [0.05, 0.1) is 19.8 Å². The van der Waals surface area contributed by atoms with Gasteiger partial charge in [0.1, 0.15) is 0 Å². The predicted molar refractivity (Wildman–Crippen MR) is 91.9 cm³/mol. The second-order valence-corrected chi connectivity index (χ2v) is 8.28. The minimum Gasteiger partial charge on any atom is -0.379 e. The van der Waals surface area contributed by atoms with Gasteiger partial charge in [0.2, 0.25) is 0 Å². The monoisotopic (exact) mass is 301 g/mol. The molecule has 0 unspecified atom stereocenters. The molecule has 0 bridgehead atoms. The van der Waals surface area contributed by atoms with Gasteiger partial charge in [-0.05, 0) is 36.8 Å². The van der Waals surface area contributed by atoms with Crippen LogP contribution in [-0.2, 0) is 9.47 Å². The van der Waals surface area contributed by atoms with E-state index in [-0.39, 0.29) is 0 Å². The third kappa shape index (κ3) is 16.1. The summed E-state index contributed by atoms with van der Waals surface area (Å²) in [6, 6.07) is 0. The van der Waals surface area contributed by atoms with Gasteiger partial charge in [-0.15, -0.1) is 0 Å². The van der Waals surface area contributed by atoms with Crippen LogP contribution in [0.25, 0.3) is 0 Å². The molecule has 0 fully saturated rings. The Morgan fingerprint density at radius 1 is 0.667 bits per heavy atom. The van der Waals surface area contributed by atoms with E-state index >= 15 is 0 Å². The predicted octanol–water partition coefficient (Wildman–Crippen LogP) is 4.21. The lowest BCUT2D eigenvalue weighted by molar-refractivity contribution is 0.0308. The molecule has 3 heteroatoms. The van der Waals surface area contributed by atoms with E-state index in [4.69, 9.17) is 9.47 Å². The number of hydrogen-bond donors (Lipinski definition) is 0. The first-order valence-corrected chi connectivity index (χ1v) is 8.52. The first kappa shape index (κ1) is 20.9. The van der Waals surface area contributed by atoms with Crippen molar-refractivity contribution in [2.75, 3.05) is 46.1 Å². The third-order valence-corrected chi connectivity index (χ3v) is 3.55. The number of hydrogen-bond acceptors (Lipinski definition) is 3. The molecule has 0 aliphatic rings. The van der Waals surface area contributed by atoms with Crippen LogP contribution in [0.5, 0.6) is 0 Å². The molecule has 0 aromatic carbocycles. The molecule has 0 amide bonds. The Kier molecular flexibility index (Phi) is 10.5. The van der Waals surface area contributed by atoms with Gasteiger partial charge in [0.15, 0.2) is 0 Å². The summed E-state index contributed by atoms with van der Waals surface area (Å²) in [7, 11) is 0. The Morgan fingerprint density at radius 2 is 1.19 bits per heavy atom. The van der Waals surface area contributed by atoms with Crippen molar-refractivity contribution in [1.82, 2.24) is 4.90 Å². The fraction of sp³-hybridized carbons (Fsp3) is 1.00. The third-order valence-electron chi connectivity index (χ3n) is 3.55. The van der Waals surface area contributed by atoms with Gasteiger partial charge >= 0.3 is 0 Å². The molecule has 0 aliphatic heterocycles. The highest BCUT2D eigenvalue weighted by Gasteiger charge is 2.12. The van der Waals surface area contributed by atoms with Gasteiger partial charge in [-0.3, -0.25) is 0 Å². The highest BCUT2D eigenvalue weighted by Crippen LogP contribution is 2.19. The molecule has 0 aliphatic carbocycles. The number of likely N-dealkylation sites (N-methyl/N-ethyl adjacent to an activating group) is 1. The van der Waals surface area contributed by atoms with Crippen molar-refractivity contribution >= 4 is 0 Å². The summed E-state index contributed by atoms with van der Waals surface area (Å²) in [5.74, 6) is 0. The van der Waals surface area contributed by atoms with E-state index in [0.29, 0.717) is 24.0 Å². The van der Waals surface area contributed by atoms with Crippen LogP contribution in [0.1, 0.15) is 61.3 Å². The summed E-state index contributed by atoms with van der Waals surface area (Å²) in [5.41, 5.74) is 0.769. The van der Waals surface area contributed by atoms with Crippen molar-refractivity contribution in [3.63, 3.8) is 0 Å². The van der Waals surface area contributed by atoms with Gasteiger partial charge in [-0.25, -0.2) is 0 Å². The van der Waals surface area contributed by atoms with Crippen LogP contribution in [-0.4, -0.2) is 51.0 Å². The molecule has 3 nitrogen and oxygen atoms in total. The molecule has 21 heavy (non-hydrogen) atoms. The van der Waals surface area contributed by atoms with Gasteiger partial charge < -0.3 is 14.4 Å². The summed E-state index contributed by atoms with van der Waals surface area (Å²) in [6.07, 6.45) is 2.33. The smallest absolute Gasteiger partial charge is 0.0701 e. The second-order valence-electron chi connectivity index (χ2n) is 8.28. The molecule has 0 aromatic heterocycles. The maximum Gasteiger partial charge on any atom is 0.0701 e. The molecule has 128 valence electrons. The highest BCUT2D eigenvalue weighted by molar-refractivity contribution is 4.65. The van der Waals surface area contributed by atoms with Gasteiger partial charge in [0.25, 0.3) is 0 Å². The number of ether oxygens (including phenoxy) is 2. The zero-order valence-corrected chi connectivity index (χ0v) is 15.6. The normalized spacial score (nSPS) is 13.1. The minimum atomic E-state index is 0.357. The lowest BCUT2D eigenvalue weighted by atomic mass is 9.92. The SMILES string of the molecule is CCN(CCOCCOCCC(C)(C)C)CCC(C)(C)C. The van der Waals surface area contributed by atoms with Gasteiger partial charge in [0, 0.05) is 13.2 Å². The average Bonchev–Trinajstić information content (AvgIpc) is 2.33. The van der Waals surface area contributed by atoms with Crippen LogP contribution in [0.3, 0.4) is 0 Å². The van der Waals surface area contributed by atoms with Crippen molar-refractivity contribution in [2.45, 2.75) is 61.3 Å². The zero-order valence-electron chi connectivity index (χ0n) is 15.6. The lowest BCUT2D eigenvalue weighted by Gasteiger charge is -2.25. The van der Waals surface area contributed by atoms with Crippen LogP contribution in [0.2, 0.25) is 0 Å². The second kappa shape index (κ2) is 10.6. The van der Waals surface area contributed by atoms with E-state index < -0.39 is 0 Å². The van der Waals surface area contributed by atoms with Crippen molar-refractivity contribution < 1.29 is 9.47 Å². The van der Waals surface area contributed by atoms with Crippen molar-refractivity contribution in [1.29, 1.82) is 0 Å². The van der Waals surface area contributed by atoms with E-state index in [9.17, 15) is 0 Å². The Labute approximate surface area is 133 Å². The Balaban J connectivity index is 3.47. The molecular weight excluding hydrogens is 262 g/mol. The molecule has 0 heterocycles. The first-order chi connectivity index (χ1) is 9.64.